The number of amides is 1. The number of benzene rings is 1. The molecule has 1 aliphatic rings. The average Bonchev–Trinajstić information content (AvgIpc) is 2.90. The minimum absolute atomic E-state index is 0.0913. The number of rotatable bonds is 4. The van der Waals surface area contributed by atoms with Gasteiger partial charge < -0.3 is 10.2 Å². The SMILES string of the molecule is CN1C(=O)CC(NCCc2ccn(C)n2)c2ccccc21. The summed E-state index contributed by atoms with van der Waals surface area (Å²) in [6.45, 7) is 0.813. The van der Waals surface area contributed by atoms with E-state index < -0.39 is 0 Å². The number of aryl methyl sites for hydroxylation is 1. The van der Waals surface area contributed by atoms with Crippen molar-refractivity contribution in [1.82, 2.24) is 15.1 Å². The minimum Gasteiger partial charge on any atom is -0.315 e. The number of anilines is 1. The molecular formula is C16H20N4O. The minimum atomic E-state index is 0.0913. The van der Waals surface area contributed by atoms with Crippen LogP contribution in [0, 0.1) is 0 Å². The van der Waals surface area contributed by atoms with Crippen molar-refractivity contribution in [2.24, 2.45) is 7.05 Å². The van der Waals surface area contributed by atoms with Gasteiger partial charge in [-0.1, -0.05) is 18.2 Å². The Morgan fingerprint density at radius 1 is 1.29 bits per heavy atom. The van der Waals surface area contributed by atoms with Crippen LogP contribution in [-0.4, -0.2) is 29.3 Å². The van der Waals surface area contributed by atoms with Gasteiger partial charge in [-0.25, -0.2) is 0 Å². The molecule has 1 N–H and O–H groups in total. The van der Waals surface area contributed by atoms with E-state index in [4.69, 9.17) is 0 Å². The first-order valence-electron chi connectivity index (χ1n) is 7.22. The Kier molecular flexibility index (Phi) is 3.75. The van der Waals surface area contributed by atoms with E-state index in [0.717, 1.165) is 24.3 Å². The quantitative estimate of drug-likeness (QED) is 0.929. The number of hydrogen-bond donors (Lipinski definition) is 1. The fourth-order valence-electron chi connectivity index (χ4n) is 2.80. The van der Waals surface area contributed by atoms with E-state index in [1.807, 2.05) is 49.2 Å². The summed E-state index contributed by atoms with van der Waals surface area (Å²) in [5.41, 5.74) is 3.27. The van der Waals surface area contributed by atoms with Crippen molar-refractivity contribution in [3.63, 3.8) is 0 Å². The summed E-state index contributed by atoms with van der Waals surface area (Å²) < 4.78 is 1.81. The van der Waals surface area contributed by atoms with Crippen LogP contribution in [0.4, 0.5) is 5.69 Å². The third-order valence-corrected chi connectivity index (χ3v) is 3.97. The van der Waals surface area contributed by atoms with Crippen LogP contribution in [0.3, 0.4) is 0 Å². The van der Waals surface area contributed by atoms with Gasteiger partial charge in [0.1, 0.15) is 0 Å². The third kappa shape index (κ3) is 2.83. The Bertz CT molecular complexity index is 649. The van der Waals surface area contributed by atoms with Crippen molar-refractivity contribution in [1.29, 1.82) is 0 Å². The lowest BCUT2D eigenvalue weighted by atomic mass is 9.96. The lowest BCUT2D eigenvalue weighted by Crippen LogP contribution is -2.38. The fourth-order valence-corrected chi connectivity index (χ4v) is 2.80. The Hall–Kier alpha value is -2.14. The number of hydrogen-bond acceptors (Lipinski definition) is 3. The van der Waals surface area contributed by atoms with Crippen LogP contribution in [-0.2, 0) is 18.3 Å². The number of nitrogens with one attached hydrogen (secondary N) is 1. The zero-order valence-electron chi connectivity index (χ0n) is 12.4. The first kappa shape index (κ1) is 13.8. The number of aromatic nitrogens is 2. The van der Waals surface area contributed by atoms with Crippen LogP contribution < -0.4 is 10.2 Å². The van der Waals surface area contributed by atoms with Gasteiger partial charge in [0, 0.05) is 51.4 Å². The zero-order valence-corrected chi connectivity index (χ0v) is 12.4. The number of para-hydroxylation sites is 1. The molecule has 3 rings (SSSR count). The molecule has 1 aromatic carbocycles. The predicted octanol–water partition coefficient (Wildman–Crippen LogP) is 1.66. The summed E-state index contributed by atoms with van der Waals surface area (Å²) in [7, 11) is 3.76. The summed E-state index contributed by atoms with van der Waals surface area (Å²) in [5, 5.41) is 7.86. The van der Waals surface area contributed by atoms with E-state index in [2.05, 4.69) is 16.5 Å². The molecule has 1 aromatic heterocycles. The number of fused-ring (bicyclic) bond motifs is 1. The van der Waals surface area contributed by atoms with Crippen molar-refractivity contribution in [2.75, 3.05) is 18.5 Å². The molecule has 110 valence electrons. The molecular weight excluding hydrogens is 264 g/mol. The standard InChI is InChI=1S/C16H20N4O/c1-19-10-8-12(18-19)7-9-17-14-11-16(21)20(2)15-6-4-3-5-13(14)15/h3-6,8,10,14,17H,7,9,11H2,1-2H3. The van der Waals surface area contributed by atoms with E-state index in [0.29, 0.717) is 6.42 Å². The first-order chi connectivity index (χ1) is 10.1. The van der Waals surface area contributed by atoms with Gasteiger partial charge >= 0.3 is 0 Å². The average molecular weight is 284 g/mol. The van der Waals surface area contributed by atoms with E-state index >= 15 is 0 Å². The molecule has 5 nitrogen and oxygen atoms in total. The lowest BCUT2D eigenvalue weighted by Gasteiger charge is -2.32. The van der Waals surface area contributed by atoms with Crippen molar-refractivity contribution in [3.05, 3.63) is 47.8 Å². The van der Waals surface area contributed by atoms with Gasteiger partial charge in [0.05, 0.1) is 5.69 Å². The largest absolute Gasteiger partial charge is 0.315 e. The molecule has 0 saturated carbocycles. The van der Waals surface area contributed by atoms with Gasteiger partial charge in [-0.05, 0) is 17.7 Å². The van der Waals surface area contributed by atoms with Crippen LogP contribution in [0.25, 0.3) is 0 Å². The molecule has 0 aliphatic carbocycles. The van der Waals surface area contributed by atoms with Crippen molar-refractivity contribution < 1.29 is 4.79 Å². The first-order valence-corrected chi connectivity index (χ1v) is 7.22. The molecule has 1 unspecified atom stereocenters. The Balaban J connectivity index is 1.68. The number of carbonyl (C=O) groups is 1. The van der Waals surface area contributed by atoms with E-state index in [1.165, 1.54) is 5.56 Å². The van der Waals surface area contributed by atoms with Crippen molar-refractivity contribution in [3.8, 4) is 0 Å². The molecule has 0 fully saturated rings. The summed E-state index contributed by atoms with van der Waals surface area (Å²) in [6.07, 6.45) is 3.32. The summed E-state index contributed by atoms with van der Waals surface area (Å²) in [5.74, 6) is 0.157. The van der Waals surface area contributed by atoms with Crippen LogP contribution in [0.15, 0.2) is 36.5 Å². The van der Waals surface area contributed by atoms with Crippen molar-refractivity contribution in [2.45, 2.75) is 18.9 Å². The van der Waals surface area contributed by atoms with Gasteiger partial charge in [-0.2, -0.15) is 5.10 Å². The van der Waals surface area contributed by atoms with Crippen LogP contribution in [0.5, 0.6) is 0 Å². The summed E-state index contributed by atoms with van der Waals surface area (Å²) in [4.78, 5) is 13.8. The normalized spacial score (nSPS) is 17.9. The third-order valence-electron chi connectivity index (χ3n) is 3.97. The number of carbonyl (C=O) groups excluding carboxylic acids is 1. The molecule has 2 heterocycles. The smallest absolute Gasteiger partial charge is 0.228 e. The van der Waals surface area contributed by atoms with Gasteiger partial charge in [0.25, 0.3) is 0 Å². The highest BCUT2D eigenvalue weighted by Gasteiger charge is 2.28. The Labute approximate surface area is 124 Å². The molecule has 21 heavy (non-hydrogen) atoms. The molecule has 0 bridgehead atoms. The maximum absolute atomic E-state index is 12.1. The molecule has 2 aromatic rings. The molecule has 1 amide bonds. The van der Waals surface area contributed by atoms with Gasteiger partial charge in [0.2, 0.25) is 5.91 Å². The van der Waals surface area contributed by atoms with Gasteiger partial charge in [0.15, 0.2) is 0 Å². The molecule has 0 saturated heterocycles. The van der Waals surface area contributed by atoms with Crippen LogP contribution >= 0.6 is 0 Å². The zero-order chi connectivity index (χ0) is 14.8. The summed E-state index contributed by atoms with van der Waals surface area (Å²) in [6, 6.07) is 10.2. The molecule has 0 spiro atoms. The van der Waals surface area contributed by atoms with E-state index in [1.54, 1.807) is 4.90 Å². The summed E-state index contributed by atoms with van der Waals surface area (Å²) >= 11 is 0. The van der Waals surface area contributed by atoms with Crippen molar-refractivity contribution >= 4 is 11.6 Å². The van der Waals surface area contributed by atoms with Gasteiger partial charge in [-0.3, -0.25) is 9.48 Å². The second-order valence-corrected chi connectivity index (χ2v) is 5.45. The lowest BCUT2D eigenvalue weighted by molar-refractivity contribution is -0.119. The highest BCUT2D eigenvalue weighted by atomic mass is 16.2. The van der Waals surface area contributed by atoms with Crippen LogP contribution in [0.1, 0.15) is 23.7 Å². The maximum Gasteiger partial charge on any atom is 0.228 e. The fraction of sp³-hybridized carbons (Fsp3) is 0.375. The van der Waals surface area contributed by atoms with E-state index in [-0.39, 0.29) is 11.9 Å². The predicted molar refractivity (Wildman–Crippen MR) is 82.1 cm³/mol. The highest BCUT2D eigenvalue weighted by Crippen LogP contribution is 2.33. The van der Waals surface area contributed by atoms with Crippen LogP contribution in [0.2, 0.25) is 0 Å². The molecule has 5 heteroatoms. The Morgan fingerprint density at radius 3 is 2.86 bits per heavy atom. The second-order valence-electron chi connectivity index (χ2n) is 5.45. The monoisotopic (exact) mass is 284 g/mol. The molecule has 1 aliphatic heterocycles. The van der Waals surface area contributed by atoms with E-state index in [9.17, 15) is 4.79 Å². The highest BCUT2D eigenvalue weighted by molar-refractivity contribution is 5.96. The Morgan fingerprint density at radius 2 is 2.10 bits per heavy atom. The topological polar surface area (TPSA) is 50.2 Å². The maximum atomic E-state index is 12.1. The van der Waals surface area contributed by atoms with Gasteiger partial charge in [-0.15, -0.1) is 0 Å². The second kappa shape index (κ2) is 5.69. The molecule has 1 atom stereocenters. The number of nitrogens with zero attached hydrogens (tertiary/aromatic N) is 3. The molecule has 0 radical (unpaired) electrons.